The Bertz CT molecular complexity index is 673. The summed E-state index contributed by atoms with van der Waals surface area (Å²) in [6.45, 7) is 13.6. The molecule has 0 saturated heterocycles. The van der Waals surface area contributed by atoms with Gasteiger partial charge in [0.05, 0.1) is 0 Å². The minimum absolute atomic E-state index is 0.0681. The average Bonchev–Trinajstić information content (AvgIpc) is 2.62. The Balaban J connectivity index is 1.70. The molecule has 1 aliphatic heterocycles. The summed E-state index contributed by atoms with van der Waals surface area (Å²) in [5, 5.41) is 9.81. The number of fused-ring (bicyclic) bond motifs is 1. The maximum absolute atomic E-state index is 9.81. The molecule has 2 unspecified atom stereocenters. The molecule has 0 bridgehead atoms. The van der Waals surface area contributed by atoms with Crippen molar-refractivity contribution in [2.45, 2.75) is 111 Å². The zero-order chi connectivity index (χ0) is 21.4. The zero-order valence-corrected chi connectivity index (χ0v) is 19.8. The quantitative estimate of drug-likeness (QED) is 0.380. The van der Waals surface area contributed by atoms with Crippen molar-refractivity contribution in [2.24, 2.45) is 11.8 Å². The lowest BCUT2D eigenvalue weighted by molar-refractivity contribution is 0.0515. The van der Waals surface area contributed by atoms with E-state index in [2.05, 4.69) is 40.7 Å². The molecule has 1 aromatic rings. The van der Waals surface area contributed by atoms with Gasteiger partial charge in [-0.25, -0.2) is 0 Å². The Hall–Kier alpha value is -1.44. The SMILES string of the molecule is C/C(=C\CCC(C)CCCC1(C)CCc2cc(O)cc(C)c2O1)CCCC(C)C. The van der Waals surface area contributed by atoms with Crippen LogP contribution in [-0.2, 0) is 6.42 Å². The monoisotopic (exact) mass is 400 g/mol. The van der Waals surface area contributed by atoms with Gasteiger partial charge < -0.3 is 9.84 Å². The van der Waals surface area contributed by atoms with Crippen LogP contribution in [0.3, 0.4) is 0 Å². The zero-order valence-electron chi connectivity index (χ0n) is 19.8. The highest BCUT2D eigenvalue weighted by Gasteiger charge is 2.32. The molecule has 0 radical (unpaired) electrons. The van der Waals surface area contributed by atoms with Crippen molar-refractivity contribution in [1.82, 2.24) is 0 Å². The number of aryl methyl sites for hydroxylation is 2. The standard InChI is InChI=1S/C27H44O2/c1-20(2)10-7-11-21(3)12-8-13-22(4)14-9-16-27(6)17-15-24-19-25(28)18-23(5)26(24)29-27/h12,18-20,22,28H,7-11,13-17H2,1-6H3/b21-12+. The highest BCUT2D eigenvalue weighted by atomic mass is 16.5. The van der Waals surface area contributed by atoms with Crippen molar-refractivity contribution in [3.63, 3.8) is 0 Å². The molecular weight excluding hydrogens is 356 g/mol. The van der Waals surface area contributed by atoms with Crippen LogP contribution in [0.2, 0.25) is 0 Å². The van der Waals surface area contributed by atoms with Gasteiger partial charge >= 0.3 is 0 Å². The van der Waals surface area contributed by atoms with E-state index >= 15 is 0 Å². The van der Waals surface area contributed by atoms with Crippen LogP contribution in [-0.4, -0.2) is 10.7 Å². The predicted molar refractivity (Wildman–Crippen MR) is 125 cm³/mol. The van der Waals surface area contributed by atoms with Crippen LogP contribution < -0.4 is 4.74 Å². The maximum atomic E-state index is 9.81. The second-order valence-electron chi connectivity index (χ2n) is 10.2. The van der Waals surface area contributed by atoms with E-state index in [0.717, 1.165) is 48.0 Å². The summed E-state index contributed by atoms with van der Waals surface area (Å²) in [7, 11) is 0. The van der Waals surface area contributed by atoms with Gasteiger partial charge in [-0.2, -0.15) is 0 Å². The molecule has 0 aromatic heterocycles. The summed E-state index contributed by atoms with van der Waals surface area (Å²) < 4.78 is 6.43. The molecule has 2 atom stereocenters. The third kappa shape index (κ3) is 8.07. The fraction of sp³-hybridized carbons (Fsp3) is 0.704. The van der Waals surface area contributed by atoms with E-state index in [1.807, 2.05) is 19.1 Å². The van der Waals surface area contributed by atoms with E-state index in [-0.39, 0.29) is 5.60 Å². The van der Waals surface area contributed by atoms with E-state index in [1.165, 1.54) is 44.9 Å². The lowest BCUT2D eigenvalue weighted by Gasteiger charge is -2.37. The van der Waals surface area contributed by atoms with Crippen LogP contribution in [0.1, 0.15) is 104 Å². The number of phenolic OH excluding ortho intramolecular Hbond substituents is 1. The van der Waals surface area contributed by atoms with Gasteiger partial charge in [-0.3, -0.25) is 0 Å². The number of phenols is 1. The number of aromatic hydroxyl groups is 1. The second kappa shape index (κ2) is 11.1. The largest absolute Gasteiger partial charge is 0.508 e. The van der Waals surface area contributed by atoms with Crippen LogP contribution >= 0.6 is 0 Å². The number of benzene rings is 1. The number of rotatable bonds is 11. The van der Waals surface area contributed by atoms with Gasteiger partial charge in [0.15, 0.2) is 0 Å². The van der Waals surface area contributed by atoms with Crippen LogP contribution in [0.25, 0.3) is 0 Å². The summed E-state index contributed by atoms with van der Waals surface area (Å²) in [5.41, 5.74) is 3.71. The van der Waals surface area contributed by atoms with Crippen LogP contribution in [0.15, 0.2) is 23.8 Å². The fourth-order valence-electron chi connectivity index (χ4n) is 4.50. The Labute approximate surface area is 179 Å². The molecule has 0 aliphatic carbocycles. The molecule has 0 fully saturated rings. The van der Waals surface area contributed by atoms with Gasteiger partial charge in [-0.1, -0.05) is 45.3 Å². The Morgan fingerprint density at radius 3 is 2.66 bits per heavy atom. The molecule has 164 valence electrons. The number of allylic oxidation sites excluding steroid dienone is 2. The molecule has 2 heteroatoms. The average molecular weight is 401 g/mol. The molecule has 1 N–H and O–H groups in total. The van der Waals surface area contributed by atoms with Gasteiger partial charge in [0.1, 0.15) is 17.1 Å². The molecule has 1 heterocycles. The van der Waals surface area contributed by atoms with Crippen LogP contribution in [0.4, 0.5) is 0 Å². The third-order valence-electron chi connectivity index (χ3n) is 6.52. The van der Waals surface area contributed by atoms with Crippen molar-refractivity contribution in [2.75, 3.05) is 0 Å². The molecule has 2 rings (SSSR count). The third-order valence-corrected chi connectivity index (χ3v) is 6.52. The van der Waals surface area contributed by atoms with Crippen molar-refractivity contribution < 1.29 is 9.84 Å². The first-order valence-corrected chi connectivity index (χ1v) is 11.9. The van der Waals surface area contributed by atoms with E-state index in [4.69, 9.17) is 4.74 Å². The minimum atomic E-state index is -0.0681. The van der Waals surface area contributed by atoms with E-state index in [0.29, 0.717) is 5.75 Å². The van der Waals surface area contributed by atoms with E-state index in [1.54, 1.807) is 5.57 Å². The minimum Gasteiger partial charge on any atom is -0.508 e. The highest BCUT2D eigenvalue weighted by molar-refractivity contribution is 5.47. The lowest BCUT2D eigenvalue weighted by atomic mass is 9.86. The van der Waals surface area contributed by atoms with Gasteiger partial charge in [0.25, 0.3) is 0 Å². The van der Waals surface area contributed by atoms with Gasteiger partial charge in [0, 0.05) is 0 Å². The van der Waals surface area contributed by atoms with Crippen molar-refractivity contribution in [3.05, 3.63) is 34.9 Å². The normalized spacial score (nSPS) is 20.4. The van der Waals surface area contributed by atoms with Crippen molar-refractivity contribution in [1.29, 1.82) is 0 Å². The smallest absolute Gasteiger partial charge is 0.126 e. The summed E-state index contributed by atoms with van der Waals surface area (Å²) >= 11 is 0. The van der Waals surface area contributed by atoms with Crippen LogP contribution in [0.5, 0.6) is 11.5 Å². The maximum Gasteiger partial charge on any atom is 0.126 e. The second-order valence-corrected chi connectivity index (χ2v) is 10.2. The number of hydrogen-bond acceptors (Lipinski definition) is 2. The fourth-order valence-corrected chi connectivity index (χ4v) is 4.50. The van der Waals surface area contributed by atoms with E-state index < -0.39 is 0 Å². The lowest BCUT2D eigenvalue weighted by Crippen LogP contribution is -2.36. The topological polar surface area (TPSA) is 29.5 Å². The number of ether oxygens (including phenoxy) is 1. The summed E-state index contributed by atoms with van der Waals surface area (Å²) in [6.07, 6.45) is 14.6. The first-order valence-electron chi connectivity index (χ1n) is 11.9. The molecule has 0 spiro atoms. The summed E-state index contributed by atoms with van der Waals surface area (Å²) in [6, 6.07) is 3.67. The first kappa shape index (κ1) is 23.8. The summed E-state index contributed by atoms with van der Waals surface area (Å²) in [5.74, 6) is 2.95. The Morgan fingerprint density at radius 2 is 1.93 bits per heavy atom. The van der Waals surface area contributed by atoms with E-state index in [9.17, 15) is 5.11 Å². The molecule has 1 aromatic carbocycles. The molecule has 0 saturated carbocycles. The number of hydrogen-bond donors (Lipinski definition) is 1. The Morgan fingerprint density at radius 1 is 1.17 bits per heavy atom. The van der Waals surface area contributed by atoms with Crippen molar-refractivity contribution in [3.8, 4) is 11.5 Å². The Kier molecular flexibility index (Phi) is 9.11. The summed E-state index contributed by atoms with van der Waals surface area (Å²) in [4.78, 5) is 0. The first-order chi connectivity index (χ1) is 13.7. The molecule has 2 nitrogen and oxygen atoms in total. The molecule has 0 amide bonds. The molecule has 1 aliphatic rings. The predicted octanol–water partition coefficient (Wildman–Crippen LogP) is 8.14. The van der Waals surface area contributed by atoms with Gasteiger partial charge in [-0.15, -0.1) is 0 Å². The molecule has 29 heavy (non-hydrogen) atoms. The van der Waals surface area contributed by atoms with Crippen molar-refractivity contribution >= 4 is 0 Å². The van der Waals surface area contributed by atoms with Crippen LogP contribution in [0, 0.1) is 18.8 Å². The van der Waals surface area contributed by atoms with Gasteiger partial charge in [-0.05, 0) is 107 Å². The van der Waals surface area contributed by atoms with Gasteiger partial charge in [0.2, 0.25) is 0 Å². The highest BCUT2D eigenvalue weighted by Crippen LogP contribution is 2.40. The molecular formula is C27H44O2.